The van der Waals surface area contributed by atoms with Crippen LogP contribution in [-0.2, 0) is 0 Å². The normalized spacial score (nSPS) is 12.4. The molecule has 0 spiro atoms. The van der Waals surface area contributed by atoms with Gasteiger partial charge in [0.15, 0.2) is 0 Å². The summed E-state index contributed by atoms with van der Waals surface area (Å²) >= 11 is 0. The molecule has 0 fully saturated rings. The van der Waals surface area contributed by atoms with Crippen LogP contribution in [0.3, 0.4) is 0 Å². The Balaban J connectivity index is 1.94. The largest absolute Gasteiger partial charge is 0.255 e. The average molecular weight is 479 g/mol. The van der Waals surface area contributed by atoms with Gasteiger partial charge >= 0.3 is 0 Å². The lowest BCUT2D eigenvalue weighted by atomic mass is 10.1. The van der Waals surface area contributed by atoms with Crippen molar-refractivity contribution in [1.29, 1.82) is 0 Å². The molecule has 0 aliphatic rings. The number of aromatic nitrogens is 4. The zero-order valence-electron chi connectivity index (χ0n) is 20.7. The lowest BCUT2D eigenvalue weighted by molar-refractivity contribution is 1.27. The molecule has 0 saturated carbocycles. The van der Waals surface area contributed by atoms with Crippen molar-refractivity contribution in [3.8, 4) is 22.8 Å². The zero-order valence-corrected chi connectivity index (χ0v) is 22.7. The number of benzene rings is 1. The second-order valence-corrected chi connectivity index (χ2v) is 21.0. The Labute approximate surface area is 203 Å². The van der Waals surface area contributed by atoms with Crippen molar-refractivity contribution in [1.82, 2.24) is 19.9 Å². The van der Waals surface area contributed by atoms with Crippen LogP contribution in [0.2, 0.25) is 39.3 Å². The van der Waals surface area contributed by atoms with Crippen molar-refractivity contribution in [3.05, 3.63) is 73.1 Å². The summed E-state index contributed by atoms with van der Waals surface area (Å²) in [6, 6.07) is 21.0. The fourth-order valence-electron chi connectivity index (χ4n) is 4.51. The third-order valence-corrected chi connectivity index (χ3v) is 10.3. The minimum atomic E-state index is -1.68. The Bertz CT molecular complexity index is 1390. The third-order valence-electron chi connectivity index (χ3n) is 6.23. The maximum absolute atomic E-state index is 5.20. The van der Waals surface area contributed by atoms with Gasteiger partial charge in [0.1, 0.15) is 0 Å². The summed E-state index contributed by atoms with van der Waals surface area (Å²) in [6.45, 7) is 14.3. The number of hydrogen-bond acceptors (Lipinski definition) is 4. The molecule has 0 bridgehead atoms. The molecule has 4 heterocycles. The molecule has 6 heteroatoms. The molecule has 4 nitrogen and oxygen atoms in total. The van der Waals surface area contributed by atoms with Crippen molar-refractivity contribution in [2.24, 2.45) is 0 Å². The molecule has 0 unspecified atom stereocenters. The van der Waals surface area contributed by atoms with Crippen LogP contribution in [0.25, 0.3) is 44.6 Å². The molecule has 0 radical (unpaired) electrons. The molecule has 34 heavy (non-hydrogen) atoms. The van der Waals surface area contributed by atoms with E-state index in [4.69, 9.17) is 9.97 Å². The molecule has 0 N–H and O–H groups in total. The number of rotatable bonds is 4. The van der Waals surface area contributed by atoms with Crippen LogP contribution in [-0.4, -0.2) is 36.1 Å². The summed E-state index contributed by atoms with van der Waals surface area (Å²) in [4.78, 5) is 19.6. The second kappa shape index (κ2) is 8.22. The van der Waals surface area contributed by atoms with E-state index in [1.807, 2.05) is 48.8 Å². The highest BCUT2D eigenvalue weighted by molar-refractivity contribution is 6.91. The van der Waals surface area contributed by atoms with Gasteiger partial charge < -0.3 is 0 Å². The van der Waals surface area contributed by atoms with Gasteiger partial charge in [-0.25, -0.2) is 9.97 Å². The van der Waals surface area contributed by atoms with Gasteiger partial charge in [-0.05, 0) is 46.8 Å². The van der Waals surface area contributed by atoms with Gasteiger partial charge in [0.2, 0.25) is 0 Å². The van der Waals surface area contributed by atoms with Crippen molar-refractivity contribution in [2.75, 3.05) is 0 Å². The Morgan fingerprint density at radius 3 is 1.24 bits per heavy atom. The van der Waals surface area contributed by atoms with Crippen LogP contribution >= 0.6 is 0 Å². The van der Waals surface area contributed by atoms with Gasteiger partial charge in [-0.1, -0.05) is 63.5 Å². The maximum Gasteiger partial charge on any atom is 0.0971 e. The van der Waals surface area contributed by atoms with Crippen molar-refractivity contribution in [2.45, 2.75) is 39.3 Å². The third kappa shape index (κ3) is 4.08. The molecule has 170 valence electrons. The van der Waals surface area contributed by atoms with E-state index in [1.165, 1.54) is 21.1 Å². The van der Waals surface area contributed by atoms with Crippen molar-refractivity contribution >= 4 is 48.3 Å². The molecule has 0 amide bonds. The van der Waals surface area contributed by atoms with E-state index in [0.29, 0.717) is 0 Å². The molecule has 4 aromatic heterocycles. The van der Waals surface area contributed by atoms with E-state index in [0.717, 1.165) is 33.8 Å². The van der Waals surface area contributed by atoms with Gasteiger partial charge in [-0.15, -0.1) is 0 Å². The van der Waals surface area contributed by atoms with Crippen LogP contribution in [0, 0.1) is 0 Å². The van der Waals surface area contributed by atoms with Crippen LogP contribution in [0.4, 0.5) is 0 Å². The number of hydrogen-bond donors (Lipinski definition) is 0. The molecule has 1 aromatic carbocycles. The maximum atomic E-state index is 5.20. The Morgan fingerprint density at radius 2 is 0.912 bits per heavy atom. The Morgan fingerprint density at radius 1 is 0.500 bits per heavy atom. The van der Waals surface area contributed by atoms with E-state index in [9.17, 15) is 0 Å². The smallest absolute Gasteiger partial charge is 0.0971 e. The Kier molecular flexibility index (Phi) is 5.45. The minimum absolute atomic E-state index is 0.896. The molecule has 5 aromatic rings. The summed E-state index contributed by atoms with van der Waals surface area (Å²) in [5, 5.41) is 5.19. The number of nitrogens with zero attached hydrogens (tertiary/aromatic N) is 4. The first kappa shape index (κ1) is 22.6. The topological polar surface area (TPSA) is 51.6 Å². The van der Waals surface area contributed by atoms with E-state index in [-0.39, 0.29) is 0 Å². The van der Waals surface area contributed by atoms with Crippen molar-refractivity contribution in [3.63, 3.8) is 0 Å². The molecule has 0 saturated heterocycles. The summed E-state index contributed by atoms with van der Waals surface area (Å²) < 4.78 is 0. The van der Waals surface area contributed by atoms with Gasteiger partial charge in [-0.2, -0.15) is 0 Å². The first-order valence-corrected chi connectivity index (χ1v) is 18.8. The average Bonchev–Trinajstić information content (AvgIpc) is 2.82. The standard InChI is InChI=1S/C28H30N4Si2/c1-33(2,3)25-17-23(21-11-7-9-15-29-21)31-27-19(25)13-14-20-26(34(4,5)6)18-24(32-28(20)27)22-12-8-10-16-30-22/h7-18H,1-6H3. The first-order chi connectivity index (χ1) is 16.1. The predicted molar refractivity (Wildman–Crippen MR) is 149 cm³/mol. The predicted octanol–water partition coefficient (Wildman–Crippen LogP) is 6.00. The van der Waals surface area contributed by atoms with Gasteiger partial charge in [0, 0.05) is 23.2 Å². The lowest BCUT2D eigenvalue weighted by Crippen LogP contribution is -2.39. The SMILES string of the molecule is C[Si](C)(C)c1cc(-c2ccccn2)nc2c1ccc1c([Si](C)(C)C)cc(-c3ccccn3)nc12. The molecule has 5 rings (SSSR count). The Hall–Kier alpha value is -3.23. The van der Waals surface area contributed by atoms with Crippen LogP contribution in [0.1, 0.15) is 0 Å². The number of pyridine rings is 4. The van der Waals surface area contributed by atoms with Gasteiger partial charge in [0.05, 0.1) is 50.0 Å². The summed E-state index contributed by atoms with van der Waals surface area (Å²) in [5.41, 5.74) is 5.56. The monoisotopic (exact) mass is 478 g/mol. The van der Waals surface area contributed by atoms with E-state index in [1.54, 1.807) is 0 Å². The molecular formula is C28H30N4Si2. The molecule has 0 aliphatic heterocycles. The molecule has 0 atom stereocenters. The quantitative estimate of drug-likeness (QED) is 0.235. The summed E-state index contributed by atoms with van der Waals surface area (Å²) in [5.74, 6) is 0. The van der Waals surface area contributed by atoms with Crippen LogP contribution in [0.5, 0.6) is 0 Å². The first-order valence-electron chi connectivity index (χ1n) is 11.8. The highest BCUT2D eigenvalue weighted by atomic mass is 28.3. The zero-order chi connectivity index (χ0) is 24.1. The second-order valence-electron chi connectivity index (χ2n) is 10.9. The van der Waals surface area contributed by atoms with Gasteiger partial charge in [0.25, 0.3) is 0 Å². The van der Waals surface area contributed by atoms with Gasteiger partial charge in [-0.3, -0.25) is 9.97 Å². The fourth-order valence-corrected chi connectivity index (χ4v) is 7.67. The van der Waals surface area contributed by atoms with Crippen LogP contribution in [0.15, 0.2) is 73.1 Å². The van der Waals surface area contributed by atoms with E-state index < -0.39 is 16.1 Å². The summed E-state index contributed by atoms with van der Waals surface area (Å²) in [7, 11) is -3.35. The fraction of sp³-hybridized carbons (Fsp3) is 0.214. The molecular weight excluding hydrogens is 449 g/mol. The molecule has 0 aliphatic carbocycles. The van der Waals surface area contributed by atoms with Crippen LogP contribution < -0.4 is 10.4 Å². The highest BCUT2D eigenvalue weighted by Gasteiger charge is 2.26. The minimum Gasteiger partial charge on any atom is -0.255 e. The van der Waals surface area contributed by atoms with E-state index in [2.05, 4.69) is 73.5 Å². The lowest BCUT2D eigenvalue weighted by Gasteiger charge is -2.23. The highest BCUT2D eigenvalue weighted by Crippen LogP contribution is 2.29. The summed E-state index contributed by atoms with van der Waals surface area (Å²) in [6.07, 6.45) is 3.67. The number of fused-ring (bicyclic) bond motifs is 3. The van der Waals surface area contributed by atoms with E-state index >= 15 is 0 Å². The van der Waals surface area contributed by atoms with Crippen molar-refractivity contribution < 1.29 is 0 Å².